The monoisotopic (exact) mass is 848 g/mol. The van der Waals surface area contributed by atoms with Crippen LogP contribution in [0, 0.1) is 45.3 Å². The Morgan fingerprint density at radius 3 is 1.21 bits per heavy atom. The molecule has 0 N–H and O–H groups in total. The molecule has 18 heteroatoms. The smallest absolute Gasteiger partial charge is 0.378 e. The Balaban J connectivity index is 0.000000194. The summed E-state index contributed by atoms with van der Waals surface area (Å²) in [7, 11) is 1.50. The lowest BCUT2D eigenvalue weighted by molar-refractivity contribution is -0.444. The summed E-state index contributed by atoms with van der Waals surface area (Å²) in [5, 5.41) is 0. The van der Waals surface area contributed by atoms with E-state index < -0.39 is 76.8 Å². The van der Waals surface area contributed by atoms with E-state index in [4.69, 9.17) is 28.4 Å². The average molecular weight is 849 g/mol. The molecule has 1 saturated heterocycles. The Morgan fingerprint density at radius 1 is 0.544 bits per heavy atom. The number of epoxide rings is 1. The molecular formula is C39H56F12O6. The van der Waals surface area contributed by atoms with Crippen molar-refractivity contribution >= 4 is 0 Å². The van der Waals surface area contributed by atoms with Gasteiger partial charge in [0.15, 0.2) is 0 Å². The van der Waals surface area contributed by atoms with Crippen molar-refractivity contribution in [2.45, 2.75) is 159 Å². The zero-order valence-electron chi connectivity index (χ0n) is 33.1. The number of hydrogen-bond acceptors (Lipinski definition) is 6. The maximum absolute atomic E-state index is 14.5. The Hall–Kier alpha value is -1.08. The van der Waals surface area contributed by atoms with Crippen LogP contribution in [-0.2, 0) is 28.4 Å². The molecule has 0 amide bonds. The predicted molar refractivity (Wildman–Crippen MR) is 179 cm³/mol. The van der Waals surface area contributed by atoms with Crippen molar-refractivity contribution in [2.24, 2.45) is 45.3 Å². The second-order valence-corrected chi connectivity index (χ2v) is 18.6. The first-order valence-corrected chi connectivity index (χ1v) is 20.1. The number of halogens is 12. The van der Waals surface area contributed by atoms with Crippen molar-refractivity contribution in [1.29, 1.82) is 0 Å². The van der Waals surface area contributed by atoms with Gasteiger partial charge in [-0.15, -0.1) is 0 Å². The van der Waals surface area contributed by atoms with E-state index in [0.717, 1.165) is 0 Å². The molecule has 6 nitrogen and oxygen atoms in total. The van der Waals surface area contributed by atoms with Crippen LogP contribution in [-0.4, -0.2) is 88.1 Å². The van der Waals surface area contributed by atoms with E-state index in [9.17, 15) is 52.7 Å². The van der Waals surface area contributed by atoms with Crippen molar-refractivity contribution < 1.29 is 81.1 Å². The van der Waals surface area contributed by atoms with E-state index in [0.29, 0.717) is 51.6 Å². The van der Waals surface area contributed by atoms with Gasteiger partial charge in [0.05, 0.1) is 18.3 Å². The molecule has 6 unspecified atom stereocenters. The second-order valence-electron chi connectivity index (χ2n) is 18.6. The fourth-order valence-electron chi connectivity index (χ4n) is 14.1. The van der Waals surface area contributed by atoms with Gasteiger partial charge in [0.1, 0.15) is 13.6 Å². The number of alkyl halides is 12. The fourth-order valence-corrected chi connectivity index (χ4v) is 14.1. The Morgan fingerprint density at radius 2 is 0.895 bits per heavy atom. The van der Waals surface area contributed by atoms with Crippen LogP contribution in [0.1, 0.15) is 111 Å². The summed E-state index contributed by atoms with van der Waals surface area (Å²) < 4.78 is 202. The maximum atomic E-state index is 14.5. The highest BCUT2D eigenvalue weighted by atomic mass is 19.4. The first-order valence-electron chi connectivity index (χ1n) is 20.1. The zero-order valence-corrected chi connectivity index (χ0v) is 33.1. The van der Waals surface area contributed by atoms with Crippen molar-refractivity contribution in [1.82, 2.24) is 0 Å². The summed E-state index contributed by atoms with van der Waals surface area (Å²) in [5.41, 5.74) is -14.7. The van der Waals surface area contributed by atoms with E-state index in [2.05, 4.69) is 0 Å². The van der Waals surface area contributed by atoms with Crippen LogP contribution in [0.15, 0.2) is 0 Å². The van der Waals surface area contributed by atoms with Gasteiger partial charge in [-0.1, -0.05) is 6.92 Å². The van der Waals surface area contributed by atoms with E-state index in [1.54, 1.807) is 0 Å². The molecule has 0 aromatic rings. The van der Waals surface area contributed by atoms with Crippen LogP contribution in [0.25, 0.3) is 0 Å². The van der Waals surface area contributed by atoms with E-state index in [-0.39, 0.29) is 81.5 Å². The number of rotatable bonds is 14. The van der Waals surface area contributed by atoms with Crippen LogP contribution < -0.4 is 0 Å². The quantitative estimate of drug-likeness (QED) is 0.0751. The summed E-state index contributed by atoms with van der Waals surface area (Å²) in [6.45, 7) is 5.00. The van der Waals surface area contributed by atoms with Crippen LogP contribution in [0.5, 0.6) is 0 Å². The molecule has 332 valence electrons. The lowest BCUT2D eigenvalue weighted by atomic mass is 9.37. The van der Waals surface area contributed by atoms with Crippen LogP contribution in [0.3, 0.4) is 0 Å². The largest absolute Gasteiger partial charge is 0.427 e. The van der Waals surface area contributed by atoms with Crippen LogP contribution >= 0.6 is 0 Å². The maximum Gasteiger partial charge on any atom is 0.427 e. The minimum atomic E-state index is -5.62. The third-order valence-electron chi connectivity index (χ3n) is 15.6. The minimum absolute atomic E-state index is 0.0239. The molecule has 8 aliphatic carbocycles. The molecule has 0 spiro atoms. The first-order chi connectivity index (χ1) is 26.2. The lowest BCUT2D eigenvalue weighted by Gasteiger charge is -2.69. The van der Waals surface area contributed by atoms with Gasteiger partial charge in [-0.2, -0.15) is 52.7 Å². The molecular weight excluding hydrogens is 792 g/mol. The third kappa shape index (κ3) is 6.94. The molecule has 6 atom stereocenters. The Kier molecular flexibility index (Phi) is 11.8. The second kappa shape index (κ2) is 14.8. The fraction of sp³-hybridized carbons (Fsp3) is 1.00. The number of ether oxygens (including phenoxy) is 6. The molecule has 8 bridgehead atoms. The average Bonchev–Trinajstić information content (AvgIpc) is 3.92. The standard InChI is InChI=1S/C21H32F6O3.C18H24F6O3/c1-5-16(3,28-4)17-8-14-7-15(9-17)11-18(10-14,12-17)19(20(22,23)24,21(25,26)27)30-13-29-6-2;1-2-25-10-27-16(17(19,20)21,18(22,23)24)15-6-11-3-12(7-15)5-14(4-11,9-15)13-8-26-13/h14-15H,5-13H2,1-4H3;11-13H,2-10H2,1H3. The topological polar surface area (TPSA) is 58.7 Å². The predicted octanol–water partition coefficient (Wildman–Crippen LogP) is 11.1. The minimum Gasteiger partial charge on any atom is -0.378 e. The molecule has 9 aliphatic rings. The molecule has 1 aliphatic heterocycles. The number of hydrogen-bond donors (Lipinski definition) is 0. The van der Waals surface area contributed by atoms with E-state index >= 15 is 0 Å². The zero-order chi connectivity index (χ0) is 42.4. The van der Waals surface area contributed by atoms with Crippen molar-refractivity contribution in [3.63, 3.8) is 0 Å². The molecule has 8 saturated carbocycles. The summed E-state index contributed by atoms with van der Waals surface area (Å²) in [6.07, 6.45) is -19.1. The molecule has 9 fully saturated rings. The first kappa shape index (κ1) is 45.4. The van der Waals surface area contributed by atoms with Crippen molar-refractivity contribution in [3.8, 4) is 0 Å². The van der Waals surface area contributed by atoms with Gasteiger partial charge in [-0.05, 0) is 128 Å². The van der Waals surface area contributed by atoms with Crippen LogP contribution in [0.4, 0.5) is 52.7 Å². The van der Waals surface area contributed by atoms with Gasteiger partial charge >= 0.3 is 24.7 Å². The Labute approximate surface area is 325 Å². The van der Waals surface area contributed by atoms with Gasteiger partial charge in [0.2, 0.25) is 0 Å². The summed E-state index contributed by atoms with van der Waals surface area (Å²) in [6, 6.07) is 0. The third-order valence-corrected chi connectivity index (χ3v) is 15.6. The summed E-state index contributed by atoms with van der Waals surface area (Å²) in [4.78, 5) is 0. The normalized spacial score (nSPS) is 38.6. The molecule has 9 rings (SSSR count). The van der Waals surface area contributed by atoms with Crippen molar-refractivity contribution in [3.05, 3.63) is 0 Å². The number of methoxy groups -OCH3 is 1. The molecule has 57 heavy (non-hydrogen) atoms. The van der Waals surface area contributed by atoms with Crippen LogP contribution in [0.2, 0.25) is 0 Å². The van der Waals surface area contributed by atoms with E-state index in [1.807, 2.05) is 13.8 Å². The van der Waals surface area contributed by atoms with Crippen molar-refractivity contribution in [2.75, 3.05) is 40.5 Å². The highest BCUT2D eigenvalue weighted by Gasteiger charge is 2.86. The molecule has 0 aromatic carbocycles. The summed E-state index contributed by atoms with van der Waals surface area (Å²) >= 11 is 0. The SMILES string of the molecule is CCOCOC(C(F)(F)F)(C(F)(F)F)C12CC3CC(CC(C(C)(CC)OC)(C3)C1)C2.CCOCOC(C(F)(F)F)(C(F)(F)F)C12CC3CC(CC(C4CO4)(C3)C1)C2. The van der Waals surface area contributed by atoms with E-state index in [1.165, 1.54) is 21.0 Å². The lowest BCUT2D eigenvalue weighted by Crippen LogP contribution is -2.75. The molecule has 1 heterocycles. The van der Waals surface area contributed by atoms with Gasteiger partial charge in [-0.25, -0.2) is 0 Å². The molecule has 0 aromatic heterocycles. The summed E-state index contributed by atoms with van der Waals surface area (Å²) in [5.74, 6) is -0.690. The van der Waals surface area contributed by atoms with Gasteiger partial charge in [0.25, 0.3) is 11.2 Å². The van der Waals surface area contributed by atoms with Gasteiger partial charge in [0, 0.05) is 42.0 Å². The Bertz CT molecular complexity index is 1360. The molecule has 0 radical (unpaired) electrons. The highest BCUT2D eigenvalue weighted by Crippen LogP contribution is 2.77. The van der Waals surface area contributed by atoms with Gasteiger partial charge in [-0.3, -0.25) is 0 Å². The van der Waals surface area contributed by atoms with Gasteiger partial charge < -0.3 is 28.4 Å². The highest BCUT2D eigenvalue weighted by molar-refractivity contribution is 5.23.